The molecule has 0 N–H and O–H groups in total. The van der Waals surface area contributed by atoms with E-state index in [9.17, 15) is 14.9 Å². The van der Waals surface area contributed by atoms with Crippen molar-refractivity contribution in [1.82, 2.24) is 19.6 Å². The first-order chi connectivity index (χ1) is 16.0. The van der Waals surface area contributed by atoms with Crippen LogP contribution in [-0.2, 0) is 9.53 Å². The summed E-state index contributed by atoms with van der Waals surface area (Å²) in [6.45, 7) is 15.9. The average molecular weight is 472 g/mol. The Kier molecular flexibility index (Phi) is 9.75. The molecular formula is C26H41N5O3. The van der Waals surface area contributed by atoms with Crippen LogP contribution in [0.4, 0.5) is 4.79 Å². The van der Waals surface area contributed by atoms with Gasteiger partial charge in [0.25, 0.3) is 0 Å². The first-order valence-electron chi connectivity index (χ1n) is 12.2. The van der Waals surface area contributed by atoms with Crippen LogP contribution in [0.1, 0.15) is 48.0 Å². The molecule has 0 radical (unpaired) electrons. The van der Waals surface area contributed by atoms with E-state index < -0.39 is 5.60 Å². The summed E-state index contributed by atoms with van der Waals surface area (Å²) < 4.78 is 5.52. The first kappa shape index (κ1) is 27.5. The van der Waals surface area contributed by atoms with Gasteiger partial charge in [-0.25, -0.2) is 4.79 Å². The van der Waals surface area contributed by atoms with Crippen LogP contribution in [0.25, 0.3) is 0 Å². The van der Waals surface area contributed by atoms with E-state index in [0.717, 1.165) is 25.2 Å². The maximum atomic E-state index is 13.4. The Morgan fingerprint density at radius 1 is 1.03 bits per heavy atom. The maximum Gasteiger partial charge on any atom is 0.410 e. The minimum Gasteiger partial charge on any atom is -0.444 e. The van der Waals surface area contributed by atoms with Gasteiger partial charge in [-0.1, -0.05) is 18.6 Å². The predicted molar refractivity (Wildman–Crippen MR) is 134 cm³/mol. The third-order valence-electron chi connectivity index (χ3n) is 6.35. The molecular weight excluding hydrogens is 430 g/mol. The quantitative estimate of drug-likeness (QED) is 0.452. The molecule has 8 nitrogen and oxygen atoms in total. The number of hydrogen-bond acceptors (Lipinski definition) is 6. The van der Waals surface area contributed by atoms with Crippen molar-refractivity contribution in [3.8, 4) is 6.07 Å². The smallest absolute Gasteiger partial charge is 0.410 e. The molecule has 2 heterocycles. The molecule has 0 aromatic rings. The normalized spacial score (nSPS) is 21.4. The largest absolute Gasteiger partial charge is 0.444 e. The van der Waals surface area contributed by atoms with E-state index in [1.54, 1.807) is 11.0 Å². The van der Waals surface area contributed by atoms with Crippen LogP contribution in [0.2, 0.25) is 0 Å². The van der Waals surface area contributed by atoms with Crippen molar-refractivity contribution in [2.24, 2.45) is 0 Å². The van der Waals surface area contributed by atoms with Gasteiger partial charge in [-0.05, 0) is 60.2 Å². The molecule has 2 fully saturated rings. The third-order valence-corrected chi connectivity index (χ3v) is 6.35. The summed E-state index contributed by atoms with van der Waals surface area (Å²) >= 11 is 0. The number of carbonyl (C=O) groups is 2. The summed E-state index contributed by atoms with van der Waals surface area (Å²) in [5.74, 6) is 0.0596. The first-order valence-corrected chi connectivity index (χ1v) is 12.2. The van der Waals surface area contributed by atoms with Gasteiger partial charge in [0.2, 0.25) is 5.91 Å². The Balaban J connectivity index is 2.05. The number of hydrogen-bond donors (Lipinski definition) is 0. The average Bonchev–Trinajstić information content (AvgIpc) is 2.80. The van der Waals surface area contributed by atoms with Gasteiger partial charge >= 0.3 is 6.09 Å². The zero-order valence-corrected chi connectivity index (χ0v) is 21.9. The number of rotatable bonds is 5. The van der Waals surface area contributed by atoms with E-state index in [4.69, 9.17) is 4.74 Å². The molecule has 0 aliphatic carbocycles. The van der Waals surface area contributed by atoms with Gasteiger partial charge in [0, 0.05) is 57.1 Å². The van der Waals surface area contributed by atoms with E-state index in [2.05, 4.69) is 24.8 Å². The van der Waals surface area contributed by atoms with Gasteiger partial charge in [-0.3, -0.25) is 9.69 Å². The van der Waals surface area contributed by atoms with Crippen LogP contribution < -0.4 is 0 Å². The Bertz CT molecular complexity index is 870. The van der Waals surface area contributed by atoms with Gasteiger partial charge in [0.15, 0.2) is 0 Å². The molecule has 34 heavy (non-hydrogen) atoms. The van der Waals surface area contributed by atoms with Crippen molar-refractivity contribution in [3.05, 3.63) is 35.1 Å². The molecule has 0 spiro atoms. The molecule has 188 valence electrons. The summed E-state index contributed by atoms with van der Waals surface area (Å²) in [6.07, 6.45) is 6.23. The number of nitrogens with zero attached hydrogens (tertiary/aromatic N) is 5. The number of likely N-dealkylation sites (N-methyl/N-ethyl adjacent to an activating group) is 1. The van der Waals surface area contributed by atoms with Crippen molar-refractivity contribution in [1.29, 1.82) is 5.26 Å². The highest BCUT2D eigenvalue weighted by molar-refractivity contribution is 5.83. The standard InChI is InChI=1S/C26H41N5O3/c1-8-20(3)22(11-10-21(9-2)18-27)29-14-16-30(17-15-29)24(32)23-19-31(13-12-28(23)7)25(33)34-26(4,5)6/h9-11,23H,8,12-17,19H2,1-7H3/b11-10-,21-9+,22-20-. The lowest BCUT2D eigenvalue weighted by atomic mass is 10.1. The van der Waals surface area contributed by atoms with E-state index in [0.29, 0.717) is 38.3 Å². The van der Waals surface area contributed by atoms with Gasteiger partial charge in [-0.2, -0.15) is 5.26 Å². The molecule has 2 aliphatic heterocycles. The zero-order chi connectivity index (χ0) is 25.5. The Labute approximate surface area is 205 Å². The number of nitriles is 1. The molecule has 0 aromatic carbocycles. The fraction of sp³-hybridized carbons (Fsp3) is 0.654. The predicted octanol–water partition coefficient (Wildman–Crippen LogP) is 3.39. The molecule has 1 unspecified atom stereocenters. The Hall–Kier alpha value is -2.79. The van der Waals surface area contributed by atoms with Gasteiger partial charge < -0.3 is 19.4 Å². The van der Waals surface area contributed by atoms with Crippen LogP contribution in [0, 0.1) is 11.3 Å². The van der Waals surface area contributed by atoms with Crippen LogP contribution in [0.15, 0.2) is 35.1 Å². The summed E-state index contributed by atoms with van der Waals surface area (Å²) in [7, 11) is 1.94. The second kappa shape index (κ2) is 12.1. The second-order valence-electron chi connectivity index (χ2n) is 9.94. The van der Waals surface area contributed by atoms with Gasteiger partial charge in [0.1, 0.15) is 11.6 Å². The van der Waals surface area contributed by atoms with Crippen LogP contribution >= 0.6 is 0 Å². The highest BCUT2D eigenvalue weighted by atomic mass is 16.6. The highest BCUT2D eigenvalue weighted by Crippen LogP contribution is 2.20. The van der Waals surface area contributed by atoms with E-state index in [1.807, 2.05) is 56.7 Å². The van der Waals surface area contributed by atoms with Crippen molar-refractivity contribution < 1.29 is 14.3 Å². The molecule has 0 bridgehead atoms. The van der Waals surface area contributed by atoms with Crippen LogP contribution in [0.5, 0.6) is 0 Å². The Morgan fingerprint density at radius 2 is 1.62 bits per heavy atom. The molecule has 1 atom stereocenters. The zero-order valence-electron chi connectivity index (χ0n) is 21.9. The maximum absolute atomic E-state index is 13.4. The van der Waals surface area contributed by atoms with Gasteiger partial charge in [0.05, 0.1) is 6.07 Å². The topological polar surface area (TPSA) is 80.1 Å². The van der Waals surface area contributed by atoms with E-state index in [-0.39, 0.29) is 18.0 Å². The van der Waals surface area contributed by atoms with Gasteiger partial charge in [-0.15, -0.1) is 0 Å². The lowest BCUT2D eigenvalue weighted by molar-refractivity contribution is -0.140. The van der Waals surface area contributed by atoms with E-state index >= 15 is 0 Å². The van der Waals surface area contributed by atoms with Crippen molar-refractivity contribution in [2.45, 2.75) is 59.6 Å². The summed E-state index contributed by atoms with van der Waals surface area (Å²) in [4.78, 5) is 33.8. The molecule has 2 amide bonds. The third kappa shape index (κ3) is 7.36. The fourth-order valence-corrected chi connectivity index (χ4v) is 4.08. The fourth-order valence-electron chi connectivity index (χ4n) is 4.08. The lowest BCUT2D eigenvalue weighted by Crippen LogP contribution is -2.61. The number of piperazine rings is 2. The molecule has 0 aromatic heterocycles. The highest BCUT2D eigenvalue weighted by Gasteiger charge is 2.37. The summed E-state index contributed by atoms with van der Waals surface area (Å²) in [6, 6.07) is 1.82. The molecule has 8 heteroatoms. The second-order valence-corrected chi connectivity index (χ2v) is 9.94. The van der Waals surface area contributed by atoms with Crippen LogP contribution in [-0.4, -0.2) is 96.1 Å². The van der Waals surface area contributed by atoms with Crippen molar-refractivity contribution >= 4 is 12.0 Å². The number of ether oxygens (including phenoxy) is 1. The number of amides is 2. The molecule has 2 saturated heterocycles. The molecule has 0 saturated carbocycles. The number of carbonyl (C=O) groups excluding carboxylic acids is 2. The van der Waals surface area contributed by atoms with E-state index in [1.165, 1.54) is 5.57 Å². The molecule has 2 aliphatic rings. The van der Waals surface area contributed by atoms with Crippen LogP contribution in [0.3, 0.4) is 0 Å². The number of allylic oxidation sites excluding steroid dienone is 5. The SMILES string of the molecule is C\C=C(C#N)/C=C\C(=C(/C)CC)N1CCN(C(=O)C2CN(C(=O)OC(C)(C)C)CCN2C)CC1. The van der Waals surface area contributed by atoms with Crippen molar-refractivity contribution in [3.63, 3.8) is 0 Å². The summed E-state index contributed by atoms with van der Waals surface area (Å²) in [5.41, 5.74) is 2.44. The Morgan fingerprint density at radius 3 is 2.15 bits per heavy atom. The lowest BCUT2D eigenvalue weighted by Gasteiger charge is -2.43. The molecule has 2 rings (SSSR count). The summed E-state index contributed by atoms with van der Waals surface area (Å²) in [5, 5.41) is 9.21. The van der Waals surface area contributed by atoms with Crippen molar-refractivity contribution in [2.75, 3.05) is 52.9 Å². The monoisotopic (exact) mass is 471 g/mol. The minimum absolute atomic E-state index is 0.0596. The minimum atomic E-state index is -0.562.